The van der Waals surface area contributed by atoms with Crippen molar-refractivity contribution in [2.45, 2.75) is 46.5 Å². The summed E-state index contributed by atoms with van der Waals surface area (Å²) in [6, 6.07) is 2.10. The summed E-state index contributed by atoms with van der Waals surface area (Å²) in [5.74, 6) is 3.63. The maximum absolute atomic E-state index is 4.58. The molecule has 1 fully saturated rings. The lowest BCUT2D eigenvalue weighted by molar-refractivity contribution is 0.572. The minimum Gasteiger partial charge on any atom is -0.370 e. The van der Waals surface area contributed by atoms with Gasteiger partial charge in [-0.1, -0.05) is 13.8 Å². The van der Waals surface area contributed by atoms with E-state index in [0.29, 0.717) is 0 Å². The van der Waals surface area contributed by atoms with Gasteiger partial charge in [0.2, 0.25) is 0 Å². The molecule has 4 nitrogen and oxygen atoms in total. The zero-order valence-corrected chi connectivity index (χ0v) is 12.4. The summed E-state index contributed by atoms with van der Waals surface area (Å²) in [4.78, 5) is 11.4. The number of anilines is 2. The molecular formula is C15H26N4. The van der Waals surface area contributed by atoms with Crippen molar-refractivity contribution in [2.75, 3.05) is 29.9 Å². The number of aromatic nitrogens is 2. The highest BCUT2D eigenvalue weighted by atomic mass is 15.2. The molecule has 1 saturated heterocycles. The average molecular weight is 262 g/mol. The smallest absolute Gasteiger partial charge is 0.134 e. The van der Waals surface area contributed by atoms with Crippen LogP contribution < -0.4 is 10.2 Å². The molecule has 1 aliphatic heterocycles. The van der Waals surface area contributed by atoms with Crippen LogP contribution in [-0.4, -0.2) is 29.6 Å². The van der Waals surface area contributed by atoms with Crippen LogP contribution >= 0.6 is 0 Å². The molecule has 0 unspecified atom stereocenters. The number of hydrogen-bond acceptors (Lipinski definition) is 4. The zero-order chi connectivity index (χ0) is 13.7. The van der Waals surface area contributed by atoms with Gasteiger partial charge in [0.05, 0.1) is 0 Å². The van der Waals surface area contributed by atoms with Crippen LogP contribution in [0.15, 0.2) is 6.07 Å². The maximum Gasteiger partial charge on any atom is 0.134 e. The molecule has 106 valence electrons. The van der Waals surface area contributed by atoms with E-state index in [1.807, 2.05) is 6.92 Å². The molecule has 1 aromatic heterocycles. The topological polar surface area (TPSA) is 41.1 Å². The Labute approximate surface area is 116 Å². The van der Waals surface area contributed by atoms with Crippen LogP contribution in [0.1, 0.15) is 45.4 Å². The highest BCUT2D eigenvalue weighted by Crippen LogP contribution is 2.20. The largest absolute Gasteiger partial charge is 0.370 e. The Morgan fingerprint density at radius 2 is 1.95 bits per heavy atom. The van der Waals surface area contributed by atoms with E-state index >= 15 is 0 Å². The Hall–Kier alpha value is -1.32. The predicted molar refractivity (Wildman–Crippen MR) is 80.8 cm³/mol. The van der Waals surface area contributed by atoms with Crippen molar-refractivity contribution in [1.29, 1.82) is 0 Å². The number of nitrogens with zero attached hydrogens (tertiary/aromatic N) is 3. The molecule has 0 atom stereocenters. The summed E-state index contributed by atoms with van der Waals surface area (Å²) >= 11 is 0. The molecule has 1 aliphatic rings. The minimum absolute atomic E-state index is 0.719. The summed E-state index contributed by atoms with van der Waals surface area (Å²) in [5, 5.41) is 3.42. The molecule has 0 radical (unpaired) electrons. The molecule has 2 heterocycles. The fourth-order valence-electron chi connectivity index (χ4n) is 2.42. The highest BCUT2D eigenvalue weighted by Gasteiger charge is 2.13. The van der Waals surface area contributed by atoms with Crippen LogP contribution in [-0.2, 0) is 0 Å². The minimum atomic E-state index is 0.719. The van der Waals surface area contributed by atoms with E-state index in [2.05, 4.69) is 40.1 Å². The summed E-state index contributed by atoms with van der Waals surface area (Å²) in [5.41, 5.74) is 0. The van der Waals surface area contributed by atoms with Crippen LogP contribution in [0.3, 0.4) is 0 Å². The average Bonchev–Trinajstić information content (AvgIpc) is 2.39. The van der Waals surface area contributed by atoms with Crippen LogP contribution in [0.25, 0.3) is 0 Å². The maximum atomic E-state index is 4.58. The Kier molecular flexibility index (Phi) is 5.00. The Morgan fingerprint density at radius 1 is 1.21 bits per heavy atom. The lowest BCUT2D eigenvalue weighted by Crippen LogP contribution is -2.30. The van der Waals surface area contributed by atoms with E-state index < -0.39 is 0 Å². The zero-order valence-electron chi connectivity index (χ0n) is 12.4. The number of aryl methyl sites for hydroxylation is 1. The fraction of sp³-hybridized carbons (Fsp3) is 0.733. The molecule has 1 N–H and O–H groups in total. The summed E-state index contributed by atoms with van der Waals surface area (Å²) in [6.07, 6.45) is 5.07. The van der Waals surface area contributed by atoms with Crippen molar-refractivity contribution in [3.05, 3.63) is 11.9 Å². The van der Waals surface area contributed by atoms with E-state index in [4.69, 9.17) is 0 Å². The summed E-state index contributed by atoms with van der Waals surface area (Å²) < 4.78 is 0. The molecule has 0 aromatic carbocycles. The highest BCUT2D eigenvalue weighted by molar-refractivity contribution is 5.49. The van der Waals surface area contributed by atoms with Crippen molar-refractivity contribution in [2.24, 2.45) is 5.92 Å². The first-order valence-electron chi connectivity index (χ1n) is 7.49. The molecule has 0 bridgehead atoms. The van der Waals surface area contributed by atoms with Crippen LogP contribution in [0, 0.1) is 12.8 Å². The number of nitrogens with one attached hydrogen (secondary N) is 1. The van der Waals surface area contributed by atoms with Gasteiger partial charge in [-0.3, -0.25) is 0 Å². The van der Waals surface area contributed by atoms with Gasteiger partial charge in [0, 0.05) is 25.7 Å². The Balaban J connectivity index is 2.01. The molecule has 19 heavy (non-hydrogen) atoms. The lowest BCUT2D eigenvalue weighted by atomic mass is 10.1. The molecule has 0 amide bonds. The summed E-state index contributed by atoms with van der Waals surface area (Å²) in [6.45, 7) is 9.69. The van der Waals surface area contributed by atoms with Gasteiger partial charge in [-0.25, -0.2) is 9.97 Å². The molecule has 0 aliphatic carbocycles. The fourth-order valence-corrected chi connectivity index (χ4v) is 2.42. The first kappa shape index (κ1) is 14.1. The monoisotopic (exact) mass is 262 g/mol. The van der Waals surface area contributed by atoms with Gasteiger partial charge in [0.15, 0.2) is 0 Å². The SMILES string of the molecule is Cc1nc(NCCC(C)C)cc(N2CCCCC2)n1. The number of piperidine rings is 1. The predicted octanol–water partition coefficient (Wildman–Crippen LogP) is 3.23. The van der Waals surface area contributed by atoms with Crippen LogP contribution in [0.4, 0.5) is 11.6 Å². The number of hydrogen-bond donors (Lipinski definition) is 1. The molecule has 0 saturated carbocycles. The molecule has 1 aromatic rings. The van der Waals surface area contributed by atoms with Gasteiger partial charge >= 0.3 is 0 Å². The van der Waals surface area contributed by atoms with Gasteiger partial charge in [0.25, 0.3) is 0 Å². The van der Waals surface area contributed by atoms with Crippen molar-refractivity contribution in [1.82, 2.24) is 9.97 Å². The third kappa shape index (κ3) is 4.37. The standard InChI is InChI=1S/C15H26N4/c1-12(2)7-8-16-14-11-15(18-13(3)17-14)19-9-5-4-6-10-19/h11-12H,4-10H2,1-3H3,(H,16,17,18). The van der Waals surface area contributed by atoms with E-state index in [9.17, 15) is 0 Å². The second kappa shape index (κ2) is 6.73. The third-order valence-corrected chi connectivity index (χ3v) is 3.53. The van der Waals surface area contributed by atoms with E-state index in [1.165, 1.54) is 25.7 Å². The van der Waals surface area contributed by atoms with Crippen LogP contribution in [0.2, 0.25) is 0 Å². The van der Waals surface area contributed by atoms with E-state index in [-0.39, 0.29) is 0 Å². The molecule has 2 rings (SSSR count). The second-order valence-corrected chi connectivity index (χ2v) is 5.82. The van der Waals surface area contributed by atoms with Gasteiger partial charge in [0.1, 0.15) is 17.5 Å². The first-order valence-corrected chi connectivity index (χ1v) is 7.49. The van der Waals surface area contributed by atoms with Crippen molar-refractivity contribution < 1.29 is 0 Å². The molecule has 0 spiro atoms. The van der Waals surface area contributed by atoms with Gasteiger partial charge < -0.3 is 10.2 Å². The quantitative estimate of drug-likeness (QED) is 0.884. The third-order valence-electron chi connectivity index (χ3n) is 3.53. The van der Waals surface area contributed by atoms with E-state index in [0.717, 1.165) is 43.0 Å². The number of rotatable bonds is 5. The Bertz CT molecular complexity index is 397. The van der Waals surface area contributed by atoms with Gasteiger partial charge in [-0.2, -0.15) is 0 Å². The normalized spacial score (nSPS) is 15.9. The van der Waals surface area contributed by atoms with Crippen molar-refractivity contribution in [3.63, 3.8) is 0 Å². The van der Waals surface area contributed by atoms with Crippen molar-refractivity contribution >= 4 is 11.6 Å². The van der Waals surface area contributed by atoms with Crippen LogP contribution in [0.5, 0.6) is 0 Å². The summed E-state index contributed by atoms with van der Waals surface area (Å²) in [7, 11) is 0. The molecular weight excluding hydrogens is 236 g/mol. The van der Waals surface area contributed by atoms with Gasteiger partial charge in [-0.05, 0) is 38.5 Å². The van der Waals surface area contributed by atoms with E-state index in [1.54, 1.807) is 0 Å². The molecule has 4 heteroatoms. The first-order chi connectivity index (χ1) is 9.15. The second-order valence-electron chi connectivity index (χ2n) is 5.82. The Morgan fingerprint density at radius 3 is 2.63 bits per heavy atom. The lowest BCUT2D eigenvalue weighted by Gasteiger charge is -2.28. The van der Waals surface area contributed by atoms with Gasteiger partial charge in [-0.15, -0.1) is 0 Å². The van der Waals surface area contributed by atoms with Crippen molar-refractivity contribution in [3.8, 4) is 0 Å².